The number of aliphatic hydroxyl groups excluding tert-OH is 1. The van der Waals surface area contributed by atoms with Crippen molar-refractivity contribution in [1.82, 2.24) is 26.6 Å². The van der Waals surface area contributed by atoms with Crippen LogP contribution in [0.1, 0.15) is 78.4 Å². The summed E-state index contributed by atoms with van der Waals surface area (Å²) in [6.07, 6.45) is -0.403. The summed E-state index contributed by atoms with van der Waals surface area (Å²) >= 11 is 5.47. The van der Waals surface area contributed by atoms with Crippen molar-refractivity contribution in [3.8, 4) is 23.0 Å². The van der Waals surface area contributed by atoms with E-state index in [0.717, 1.165) is 0 Å². The smallest absolute Gasteiger partial charge is 0.340 e. The highest BCUT2D eigenvalue weighted by atomic mass is 32.1. The molecule has 0 saturated heterocycles. The zero-order valence-electron chi connectivity index (χ0n) is 36.5. The maximum Gasteiger partial charge on any atom is 0.340 e. The summed E-state index contributed by atoms with van der Waals surface area (Å²) in [6.45, 7) is -0.543. The lowest BCUT2D eigenvalue weighted by Crippen LogP contribution is -2.47. The van der Waals surface area contributed by atoms with Crippen LogP contribution in [-0.2, 0) is 34.3 Å². The van der Waals surface area contributed by atoms with E-state index in [-0.39, 0.29) is 104 Å². The molecule has 5 amide bonds. The Morgan fingerprint density at radius 3 is 2.04 bits per heavy atom. The number of fused-ring (bicyclic) bond motifs is 6. The highest BCUT2D eigenvalue weighted by Gasteiger charge is 2.53. The van der Waals surface area contributed by atoms with E-state index in [9.17, 15) is 48.9 Å². The third kappa shape index (κ3) is 13.1. The minimum Gasteiger partial charge on any atom is -0.508 e. The number of benzene rings is 3. The Kier molecular flexibility index (Phi) is 17.4. The van der Waals surface area contributed by atoms with E-state index in [1.807, 2.05) is 0 Å². The number of hydrogen-bond acceptors (Lipinski definition) is 14. The minimum atomic E-state index is -1.46. The van der Waals surface area contributed by atoms with Gasteiger partial charge in [0.15, 0.2) is 28.2 Å². The van der Waals surface area contributed by atoms with Gasteiger partial charge in [0, 0.05) is 86.9 Å². The minimum absolute atomic E-state index is 0.00188. The van der Waals surface area contributed by atoms with E-state index in [1.54, 1.807) is 30.3 Å². The van der Waals surface area contributed by atoms with Gasteiger partial charge in [-0.25, -0.2) is 9.59 Å². The van der Waals surface area contributed by atoms with E-state index in [1.165, 1.54) is 31.3 Å². The second kappa shape index (κ2) is 23.1. The van der Waals surface area contributed by atoms with Crippen molar-refractivity contribution in [3.63, 3.8) is 0 Å². The molecule has 1 spiro atoms. The Balaban J connectivity index is 1.20. The van der Waals surface area contributed by atoms with Crippen molar-refractivity contribution in [2.24, 2.45) is 28.1 Å². The molecule has 2 heterocycles. The number of Topliss-reactive ketones (excluding diaryl/α,β-unsaturated/α-hetero) is 2. The Bertz CT molecular complexity index is 2380. The summed E-state index contributed by atoms with van der Waals surface area (Å²) in [5, 5.41) is 46.6. The summed E-state index contributed by atoms with van der Waals surface area (Å²) < 4.78 is 12.1. The monoisotopic (exact) mass is 946 g/mol. The second-order valence-electron chi connectivity index (χ2n) is 15.7. The average Bonchev–Trinajstić information content (AvgIpc) is 3.56. The number of ether oxygens (including phenoxy) is 2. The molecule has 2 aliphatic rings. The molecule has 0 radical (unpaired) electrons. The van der Waals surface area contributed by atoms with Crippen LogP contribution in [0.5, 0.6) is 23.0 Å². The lowest BCUT2D eigenvalue weighted by atomic mass is 9.77. The summed E-state index contributed by atoms with van der Waals surface area (Å²) in [4.78, 5) is 93.6. The van der Waals surface area contributed by atoms with E-state index < -0.39 is 77.9 Å². The number of hydrogen-bond donors (Lipinski definition) is 12. The number of nitrogens with two attached hydrogens (primary N) is 3. The number of nitrogens with one attached hydrogen (secondary N) is 6. The molecular formula is C44H54N10O12S. The lowest BCUT2D eigenvalue weighted by molar-refractivity contribution is -0.135. The van der Waals surface area contributed by atoms with Gasteiger partial charge in [0.1, 0.15) is 23.0 Å². The number of esters is 1. The number of aliphatic imine (C=N–C) groups is 1. The Morgan fingerprint density at radius 2 is 1.42 bits per heavy atom. The van der Waals surface area contributed by atoms with Crippen LogP contribution in [0, 0.1) is 5.92 Å². The van der Waals surface area contributed by atoms with Crippen molar-refractivity contribution < 1.29 is 58.4 Å². The molecule has 0 aliphatic carbocycles. The van der Waals surface area contributed by atoms with Crippen molar-refractivity contribution in [3.05, 3.63) is 76.9 Å². The summed E-state index contributed by atoms with van der Waals surface area (Å²) in [5.74, 6) is -4.66. The molecule has 0 saturated carbocycles. The molecule has 358 valence electrons. The topological polar surface area (TPSA) is 361 Å². The van der Waals surface area contributed by atoms with Gasteiger partial charge in [0.05, 0.1) is 30.2 Å². The normalized spacial score (nSPS) is 14.0. The molecule has 0 fully saturated rings. The molecule has 23 heteroatoms. The van der Waals surface area contributed by atoms with Crippen molar-refractivity contribution in [2.75, 3.05) is 38.6 Å². The predicted octanol–water partition coefficient (Wildman–Crippen LogP) is 0.477. The predicted molar refractivity (Wildman–Crippen MR) is 246 cm³/mol. The van der Waals surface area contributed by atoms with Gasteiger partial charge in [-0.05, 0) is 74.3 Å². The number of carbonyl (C=O) groups excluding carboxylic acids is 7. The van der Waals surface area contributed by atoms with Gasteiger partial charge in [0.25, 0.3) is 0 Å². The first-order chi connectivity index (χ1) is 31.9. The zero-order chi connectivity index (χ0) is 48.8. The third-order valence-corrected chi connectivity index (χ3v) is 11.2. The fourth-order valence-electron chi connectivity index (χ4n) is 7.61. The molecule has 3 atom stereocenters. The zero-order valence-corrected chi connectivity index (χ0v) is 37.3. The standard InChI is InChI=1S/C44H54N10O12S/c1-48-37(60)13-12-33(58)31(4-3-16-50-42(47)64)54-39(62)23(22-55)18-34(59)32(5-2-15-49-41(45)46)53-38(61)14-17-51-43(67)52-24-6-9-28-27(19-24)40(63)66-44(28)29-10-7-25(56)20-35(29)65-36-21-26(57)8-11-30(36)44/h6-11,19-21,23,31-32,55-57H,2-5,12-18,22H2,1H3,(H,48,60)(H,53,61)(H,54,62)(H4,45,46,49)(H3,47,50,64)(H2,51,52,67)/t23-,31-,32-/m0/s1. The van der Waals surface area contributed by atoms with Gasteiger partial charge in [-0.15, -0.1) is 0 Å². The number of primary amides is 1. The van der Waals surface area contributed by atoms with Gasteiger partial charge < -0.3 is 73.9 Å². The number of aromatic hydroxyl groups is 2. The molecule has 0 aromatic heterocycles. The highest BCUT2D eigenvalue weighted by molar-refractivity contribution is 7.80. The Labute approximate surface area is 389 Å². The first-order valence-corrected chi connectivity index (χ1v) is 21.7. The Hall–Kier alpha value is -7.53. The fourth-order valence-corrected chi connectivity index (χ4v) is 7.83. The maximum atomic E-state index is 13.7. The number of thiocarbonyl (C=S) groups is 1. The molecule has 15 N–H and O–H groups in total. The van der Waals surface area contributed by atoms with Crippen LogP contribution in [-0.4, -0.2) is 113 Å². The molecule has 0 bridgehead atoms. The van der Waals surface area contributed by atoms with Gasteiger partial charge in [-0.3, -0.25) is 29.0 Å². The number of phenols is 2. The van der Waals surface area contributed by atoms with Crippen molar-refractivity contribution in [2.45, 2.75) is 69.1 Å². The fraction of sp³-hybridized carbons (Fsp3) is 0.386. The third-order valence-electron chi connectivity index (χ3n) is 10.9. The molecule has 2 aliphatic heterocycles. The first kappa shape index (κ1) is 50.5. The average molecular weight is 947 g/mol. The number of urea groups is 1. The number of phenolic OH excluding ortho intramolecular Hbond substituents is 2. The van der Waals surface area contributed by atoms with Gasteiger partial charge >= 0.3 is 12.0 Å². The number of rotatable bonds is 23. The van der Waals surface area contributed by atoms with E-state index in [2.05, 4.69) is 36.9 Å². The number of carbonyl (C=O) groups is 7. The molecule has 0 unspecified atom stereocenters. The second-order valence-corrected chi connectivity index (χ2v) is 16.1. The van der Waals surface area contributed by atoms with E-state index >= 15 is 0 Å². The van der Waals surface area contributed by atoms with Gasteiger partial charge in [-0.1, -0.05) is 6.07 Å². The largest absolute Gasteiger partial charge is 0.508 e. The van der Waals surface area contributed by atoms with Gasteiger partial charge in [0.2, 0.25) is 17.7 Å². The first-order valence-electron chi connectivity index (χ1n) is 21.3. The van der Waals surface area contributed by atoms with Crippen LogP contribution >= 0.6 is 12.2 Å². The number of aliphatic hydroxyl groups is 1. The molecule has 3 aromatic carbocycles. The van der Waals surface area contributed by atoms with Crippen LogP contribution < -0.4 is 53.8 Å². The highest BCUT2D eigenvalue weighted by Crippen LogP contribution is 2.57. The number of ketones is 2. The van der Waals surface area contributed by atoms with E-state index in [4.69, 9.17) is 38.9 Å². The van der Waals surface area contributed by atoms with E-state index in [0.29, 0.717) is 22.4 Å². The molecular weight excluding hydrogens is 893 g/mol. The molecule has 3 aromatic rings. The molecule has 22 nitrogen and oxygen atoms in total. The lowest BCUT2D eigenvalue weighted by Gasteiger charge is -2.36. The van der Waals surface area contributed by atoms with Crippen LogP contribution in [0.4, 0.5) is 10.5 Å². The summed E-state index contributed by atoms with van der Waals surface area (Å²) in [7, 11) is 1.41. The van der Waals surface area contributed by atoms with Crippen LogP contribution in [0.25, 0.3) is 0 Å². The number of anilines is 1. The van der Waals surface area contributed by atoms with Crippen molar-refractivity contribution >= 4 is 70.3 Å². The number of nitrogens with zero attached hydrogens (tertiary/aromatic N) is 1. The number of guanidine groups is 1. The SMILES string of the molecule is CNC(=O)CCC(=O)[C@H](CCCNC(N)=O)NC(=O)[C@H](CO)CC(=O)[C@H](CCCN=C(N)N)NC(=O)CCNC(=S)Nc1ccc2c(c1)C(=O)OC21c2ccc(O)cc2Oc2cc(O)ccc21. The summed E-state index contributed by atoms with van der Waals surface area (Å²) in [5.41, 5.74) is 16.5. The van der Waals surface area contributed by atoms with Gasteiger partial charge in [-0.2, -0.15) is 0 Å². The van der Waals surface area contributed by atoms with Crippen LogP contribution in [0.2, 0.25) is 0 Å². The summed E-state index contributed by atoms with van der Waals surface area (Å²) in [6, 6.07) is 10.8. The Morgan fingerprint density at radius 1 is 0.776 bits per heavy atom. The number of amides is 5. The molecule has 5 rings (SSSR count). The van der Waals surface area contributed by atoms with Crippen LogP contribution in [0.3, 0.4) is 0 Å². The van der Waals surface area contributed by atoms with Crippen LogP contribution in [0.15, 0.2) is 59.6 Å². The maximum absolute atomic E-state index is 13.7. The van der Waals surface area contributed by atoms with Crippen molar-refractivity contribution in [1.29, 1.82) is 0 Å². The quantitative estimate of drug-likeness (QED) is 0.0202. The molecule has 67 heavy (non-hydrogen) atoms.